The van der Waals surface area contributed by atoms with Crippen molar-refractivity contribution < 1.29 is 32.5 Å². The van der Waals surface area contributed by atoms with Crippen LogP contribution in [0.2, 0.25) is 5.02 Å². The van der Waals surface area contributed by atoms with Gasteiger partial charge in [0.05, 0.1) is 48.4 Å². The molecule has 1 saturated carbocycles. The lowest BCUT2D eigenvalue weighted by atomic mass is 9.77. The molecule has 12 heteroatoms. The molecule has 1 aliphatic carbocycles. The predicted molar refractivity (Wildman–Crippen MR) is 140 cm³/mol. The van der Waals surface area contributed by atoms with E-state index >= 15 is 0 Å². The van der Waals surface area contributed by atoms with Crippen molar-refractivity contribution in [2.75, 3.05) is 46.6 Å². The summed E-state index contributed by atoms with van der Waals surface area (Å²) in [6.45, 7) is 5.92. The molecule has 2 aromatic heterocycles. The van der Waals surface area contributed by atoms with Crippen LogP contribution in [0.5, 0.6) is 5.75 Å². The lowest BCUT2D eigenvalue weighted by molar-refractivity contribution is -0.148. The Morgan fingerprint density at radius 3 is 2.62 bits per heavy atom. The largest absolute Gasteiger partial charge is 0.491 e. The molecule has 1 aliphatic heterocycles. The van der Waals surface area contributed by atoms with E-state index in [1.54, 1.807) is 31.3 Å². The maximum absolute atomic E-state index is 14.3. The Balaban J connectivity index is 1.46. The Morgan fingerprint density at radius 1 is 1.21 bits per heavy atom. The molecule has 0 amide bonds. The molecule has 3 heterocycles. The minimum absolute atomic E-state index is 0.0488. The van der Waals surface area contributed by atoms with E-state index in [0.717, 1.165) is 24.3 Å². The molecule has 0 unspecified atom stereocenters. The van der Waals surface area contributed by atoms with Crippen LogP contribution in [0.4, 0.5) is 13.2 Å². The molecular weight excluding hydrogens is 537 g/mol. The van der Waals surface area contributed by atoms with Crippen LogP contribution in [0.1, 0.15) is 37.1 Å². The van der Waals surface area contributed by atoms with Gasteiger partial charge < -0.3 is 24.3 Å². The normalized spacial score (nSPS) is 22.2. The van der Waals surface area contributed by atoms with Gasteiger partial charge in [-0.2, -0.15) is 18.3 Å². The van der Waals surface area contributed by atoms with Crippen molar-refractivity contribution in [3.63, 3.8) is 0 Å². The molecule has 3 aromatic rings. The summed E-state index contributed by atoms with van der Waals surface area (Å²) < 4.78 is 60.8. The molecule has 0 spiro atoms. The van der Waals surface area contributed by atoms with Crippen LogP contribution in [0.15, 0.2) is 30.6 Å². The smallest absolute Gasteiger partial charge is 0.433 e. The van der Waals surface area contributed by atoms with E-state index in [-0.39, 0.29) is 30.7 Å². The molecule has 39 heavy (non-hydrogen) atoms. The zero-order valence-corrected chi connectivity index (χ0v) is 22.6. The minimum atomic E-state index is -4.66. The molecular formula is C27H32ClF3N4O4. The molecule has 0 radical (unpaired) electrons. The highest BCUT2D eigenvalue weighted by Gasteiger charge is 2.46. The summed E-state index contributed by atoms with van der Waals surface area (Å²) in [5, 5.41) is 14.6. The first-order valence-electron chi connectivity index (χ1n) is 12.9. The van der Waals surface area contributed by atoms with Crippen molar-refractivity contribution in [3.8, 4) is 28.1 Å². The van der Waals surface area contributed by atoms with Crippen molar-refractivity contribution in [3.05, 3.63) is 46.9 Å². The van der Waals surface area contributed by atoms with Gasteiger partial charge in [-0.05, 0) is 25.8 Å². The summed E-state index contributed by atoms with van der Waals surface area (Å²) >= 11 is 6.76. The first-order valence-corrected chi connectivity index (χ1v) is 13.3. The van der Waals surface area contributed by atoms with Gasteiger partial charge in [-0.25, -0.2) is 0 Å². The van der Waals surface area contributed by atoms with E-state index in [1.807, 2.05) is 0 Å². The van der Waals surface area contributed by atoms with Crippen molar-refractivity contribution >= 4 is 11.6 Å². The van der Waals surface area contributed by atoms with Gasteiger partial charge in [-0.1, -0.05) is 23.7 Å². The number of ether oxygens (including phenoxy) is 3. The standard InChI is InChI=1S/C27H32ClF3N4O4/c1-26(36)12-17(13-26)35-25(27(29,30)31)20(15-33-35)24-21(16-37-2)19(14-32-24)18-4-3-5-22(23(18)28)39-11-8-34-6-9-38-10-7-34/h3-5,14-15,17,32,36H,6-13,16H2,1-2H3. The fourth-order valence-corrected chi connectivity index (χ4v) is 5.68. The van der Waals surface area contributed by atoms with Crippen LogP contribution >= 0.6 is 11.6 Å². The number of alkyl halides is 3. The van der Waals surface area contributed by atoms with Crippen LogP contribution in [0, 0.1) is 0 Å². The van der Waals surface area contributed by atoms with Gasteiger partial charge in [0.15, 0.2) is 5.69 Å². The highest BCUT2D eigenvalue weighted by molar-refractivity contribution is 6.34. The number of benzene rings is 1. The maximum atomic E-state index is 14.3. The summed E-state index contributed by atoms with van der Waals surface area (Å²) in [7, 11) is 1.48. The predicted octanol–water partition coefficient (Wildman–Crippen LogP) is 5.16. The summed E-state index contributed by atoms with van der Waals surface area (Å²) in [6, 6.07) is 4.84. The first kappa shape index (κ1) is 28.0. The maximum Gasteiger partial charge on any atom is 0.433 e. The molecule has 5 rings (SSSR count). The fraction of sp³-hybridized carbons (Fsp3) is 0.519. The van der Waals surface area contributed by atoms with Crippen molar-refractivity contribution in [2.24, 2.45) is 0 Å². The second kappa shape index (κ2) is 11.1. The van der Waals surface area contributed by atoms with Crippen LogP contribution in [0.3, 0.4) is 0 Å². The third-order valence-corrected chi connectivity index (χ3v) is 7.72. The summed E-state index contributed by atoms with van der Waals surface area (Å²) in [6.07, 6.45) is -1.40. The number of hydrogen-bond acceptors (Lipinski definition) is 6. The van der Waals surface area contributed by atoms with Crippen LogP contribution in [-0.2, 0) is 22.3 Å². The minimum Gasteiger partial charge on any atom is -0.491 e. The van der Waals surface area contributed by atoms with Crippen LogP contribution < -0.4 is 4.74 Å². The van der Waals surface area contributed by atoms with Crippen molar-refractivity contribution in [1.82, 2.24) is 19.7 Å². The highest BCUT2D eigenvalue weighted by Crippen LogP contribution is 2.47. The lowest BCUT2D eigenvalue weighted by Crippen LogP contribution is -2.43. The number of nitrogens with one attached hydrogen (secondary N) is 1. The number of nitrogens with zero attached hydrogens (tertiary/aromatic N) is 3. The Hall–Kier alpha value is -2.57. The summed E-state index contributed by atoms with van der Waals surface area (Å²) in [5.74, 6) is 0.495. The van der Waals surface area contributed by atoms with Crippen molar-refractivity contribution in [2.45, 2.75) is 44.2 Å². The van der Waals surface area contributed by atoms with Gasteiger partial charge in [-0.3, -0.25) is 9.58 Å². The third kappa shape index (κ3) is 5.83. The Morgan fingerprint density at radius 2 is 1.95 bits per heavy atom. The molecule has 2 N–H and O–H groups in total. The van der Waals surface area contributed by atoms with E-state index in [9.17, 15) is 18.3 Å². The molecule has 2 fully saturated rings. The summed E-state index contributed by atoms with van der Waals surface area (Å²) in [5.41, 5.74) is 0.0733. The fourth-order valence-electron chi connectivity index (χ4n) is 5.40. The van der Waals surface area contributed by atoms with Crippen molar-refractivity contribution in [1.29, 1.82) is 0 Å². The Bertz CT molecular complexity index is 1290. The zero-order valence-electron chi connectivity index (χ0n) is 21.9. The number of hydrogen-bond donors (Lipinski definition) is 2. The highest BCUT2D eigenvalue weighted by atomic mass is 35.5. The second-order valence-corrected chi connectivity index (χ2v) is 10.7. The molecule has 8 nitrogen and oxygen atoms in total. The number of rotatable bonds is 9. The number of halogens is 4. The number of aromatic amines is 1. The second-order valence-electron chi connectivity index (χ2n) is 10.3. The molecule has 1 aromatic carbocycles. The SMILES string of the molecule is COCc1c(-c2cccc(OCCN3CCOCC3)c2Cl)c[nH]c1-c1cnn(C2CC(C)(O)C2)c1C(F)(F)F. The van der Waals surface area contributed by atoms with Gasteiger partial charge >= 0.3 is 6.18 Å². The molecule has 212 valence electrons. The average molecular weight is 569 g/mol. The van der Waals surface area contributed by atoms with Gasteiger partial charge in [0.2, 0.25) is 0 Å². The van der Waals surface area contributed by atoms with E-state index in [0.29, 0.717) is 47.3 Å². The van der Waals surface area contributed by atoms with Crippen LogP contribution in [-0.4, -0.2) is 76.9 Å². The number of aliphatic hydroxyl groups is 1. The van der Waals surface area contributed by atoms with Gasteiger partial charge in [0, 0.05) is 55.2 Å². The number of H-pyrrole nitrogens is 1. The van der Waals surface area contributed by atoms with E-state index in [4.69, 9.17) is 25.8 Å². The third-order valence-electron chi connectivity index (χ3n) is 7.33. The van der Waals surface area contributed by atoms with E-state index in [2.05, 4.69) is 15.0 Å². The van der Waals surface area contributed by atoms with Crippen LogP contribution in [0.25, 0.3) is 22.4 Å². The quantitative estimate of drug-likeness (QED) is 0.371. The number of aromatic nitrogens is 3. The zero-order chi connectivity index (χ0) is 27.8. The summed E-state index contributed by atoms with van der Waals surface area (Å²) in [4.78, 5) is 5.27. The monoisotopic (exact) mass is 568 g/mol. The topological polar surface area (TPSA) is 84.8 Å². The first-order chi connectivity index (χ1) is 18.6. The Labute approximate surface area is 229 Å². The molecule has 2 aliphatic rings. The molecule has 1 saturated heterocycles. The average Bonchev–Trinajstić information content (AvgIpc) is 3.49. The van der Waals surface area contributed by atoms with E-state index in [1.165, 1.54) is 13.3 Å². The Kier molecular flexibility index (Phi) is 7.98. The molecule has 0 bridgehead atoms. The number of methoxy groups -OCH3 is 1. The van der Waals surface area contributed by atoms with Gasteiger partial charge in [-0.15, -0.1) is 0 Å². The van der Waals surface area contributed by atoms with Gasteiger partial charge in [0.1, 0.15) is 12.4 Å². The van der Waals surface area contributed by atoms with Gasteiger partial charge in [0.25, 0.3) is 0 Å². The van der Waals surface area contributed by atoms with E-state index < -0.39 is 23.5 Å². The molecule has 0 atom stereocenters. The lowest BCUT2D eigenvalue weighted by Gasteiger charge is -2.41. The number of morpholine rings is 1.